The van der Waals surface area contributed by atoms with Gasteiger partial charge in [-0.05, 0) is 11.6 Å². The van der Waals surface area contributed by atoms with Gasteiger partial charge >= 0.3 is 6.09 Å². The first-order chi connectivity index (χ1) is 11.9. The molecule has 3 aromatic rings. The third-order valence-electron chi connectivity index (χ3n) is 3.41. The quantitative estimate of drug-likeness (QED) is 0.743. The number of carbonyl (C=O) groups excluding carboxylic acids is 1. The van der Waals surface area contributed by atoms with Crippen LogP contribution >= 0.6 is 0 Å². The third-order valence-corrected chi connectivity index (χ3v) is 3.41. The molecule has 25 heavy (non-hydrogen) atoms. The Balaban J connectivity index is 1.70. The lowest BCUT2D eigenvalue weighted by Crippen LogP contribution is -2.33. The Morgan fingerprint density at radius 2 is 2.00 bits per heavy atom. The molecule has 1 aromatic carbocycles. The molecule has 2 heterocycles. The van der Waals surface area contributed by atoms with Crippen molar-refractivity contribution in [2.75, 3.05) is 7.05 Å². The van der Waals surface area contributed by atoms with Crippen molar-refractivity contribution in [2.45, 2.75) is 13.5 Å². The highest BCUT2D eigenvalue weighted by atomic mass is 16.7. The van der Waals surface area contributed by atoms with Crippen LogP contribution in [0.4, 0.5) is 4.79 Å². The number of hydrogen-bond donors (Lipinski definition) is 2. The van der Waals surface area contributed by atoms with Crippen LogP contribution in [0, 0.1) is 6.92 Å². The zero-order valence-electron chi connectivity index (χ0n) is 13.6. The van der Waals surface area contributed by atoms with E-state index in [1.165, 1.54) is 24.1 Å². The van der Waals surface area contributed by atoms with Crippen molar-refractivity contribution in [3.8, 4) is 23.1 Å². The van der Waals surface area contributed by atoms with Crippen LogP contribution in [0.5, 0.6) is 11.8 Å². The highest BCUT2D eigenvalue weighted by Crippen LogP contribution is 2.20. The number of rotatable bonds is 4. The molecule has 0 radical (unpaired) electrons. The molecule has 0 bridgehead atoms. The Kier molecular flexibility index (Phi) is 4.29. The number of aromatic nitrogens is 3. The molecule has 0 spiro atoms. The van der Waals surface area contributed by atoms with Gasteiger partial charge in [0.1, 0.15) is 0 Å². The molecular formula is C16H16N4O5. The number of aryl methyl sites for hydroxylation is 1. The van der Waals surface area contributed by atoms with Crippen LogP contribution < -0.4 is 4.84 Å². The first kappa shape index (κ1) is 16.4. The molecule has 2 aromatic heterocycles. The maximum atomic E-state index is 12.1. The Bertz CT molecular complexity index is 882. The van der Waals surface area contributed by atoms with E-state index in [1.807, 2.05) is 24.3 Å². The summed E-state index contributed by atoms with van der Waals surface area (Å²) in [6.45, 7) is 1.95. The van der Waals surface area contributed by atoms with Gasteiger partial charge in [0.2, 0.25) is 23.5 Å². The zero-order valence-corrected chi connectivity index (χ0v) is 13.6. The SMILES string of the molecule is Cc1nc(-c2cccc(CN(C)C(=O)On3c(O)ccc3O)c2)no1. The largest absolute Gasteiger partial charge is 0.492 e. The predicted octanol–water partition coefficient (Wildman–Crippen LogP) is 1.94. The summed E-state index contributed by atoms with van der Waals surface area (Å²) in [5.74, 6) is 0.168. The monoisotopic (exact) mass is 344 g/mol. The van der Waals surface area contributed by atoms with Crippen LogP contribution in [0.3, 0.4) is 0 Å². The molecule has 9 heteroatoms. The van der Waals surface area contributed by atoms with Crippen LogP contribution in [0.1, 0.15) is 11.5 Å². The number of carbonyl (C=O) groups is 1. The van der Waals surface area contributed by atoms with Crippen molar-refractivity contribution in [1.82, 2.24) is 19.8 Å². The summed E-state index contributed by atoms with van der Waals surface area (Å²) in [5, 5.41) is 22.9. The van der Waals surface area contributed by atoms with E-state index in [-0.39, 0.29) is 18.3 Å². The Morgan fingerprint density at radius 3 is 2.64 bits per heavy atom. The summed E-state index contributed by atoms with van der Waals surface area (Å²) in [7, 11) is 1.53. The van der Waals surface area contributed by atoms with Gasteiger partial charge in [-0.25, -0.2) is 4.79 Å². The number of hydrogen-bond acceptors (Lipinski definition) is 7. The van der Waals surface area contributed by atoms with E-state index < -0.39 is 6.09 Å². The standard InChI is InChI=1S/C16H16N4O5/c1-10-17-15(18-24-10)12-5-3-4-11(8-12)9-19(2)16(23)25-20-13(21)6-7-14(20)22/h3-8,21-22H,9H2,1-2H3. The van der Waals surface area contributed by atoms with Crippen molar-refractivity contribution >= 4 is 6.09 Å². The van der Waals surface area contributed by atoms with E-state index in [2.05, 4.69) is 10.1 Å². The zero-order chi connectivity index (χ0) is 18.0. The van der Waals surface area contributed by atoms with Crippen molar-refractivity contribution in [2.24, 2.45) is 0 Å². The molecular weight excluding hydrogens is 328 g/mol. The second-order valence-corrected chi connectivity index (χ2v) is 5.39. The molecule has 0 saturated carbocycles. The Morgan fingerprint density at radius 1 is 1.28 bits per heavy atom. The number of aromatic hydroxyl groups is 2. The summed E-state index contributed by atoms with van der Waals surface area (Å²) in [6, 6.07) is 9.74. The number of nitrogens with zero attached hydrogens (tertiary/aromatic N) is 4. The summed E-state index contributed by atoms with van der Waals surface area (Å²) in [4.78, 5) is 22.5. The average molecular weight is 344 g/mol. The summed E-state index contributed by atoms with van der Waals surface area (Å²) >= 11 is 0. The molecule has 9 nitrogen and oxygen atoms in total. The van der Waals surface area contributed by atoms with E-state index in [0.717, 1.165) is 11.1 Å². The molecule has 0 aliphatic carbocycles. The third kappa shape index (κ3) is 3.55. The molecule has 130 valence electrons. The number of benzene rings is 1. The van der Waals surface area contributed by atoms with Gasteiger partial charge < -0.3 is 24.5 Å². The fraction of sp³-hybridized carbons (Fsp3) is 0.188. The minimum atomic E-state index is -0.748. The molecule has 0 aliphatic heterocycles. The van der Waals surface area contributed by atoms with Crippen LogP contribution in [0.25, 0.3) is 11.4 Å². The van der Waals surface area contributed by atoms with Crippen LogP contribution in [0.15, 0.2) is 40.9 Å². The van der Waals surface area contributed by atoms with Crippen LogP contribution in [-0.4, -0.2) is 43.1 Å². The van der Waals surface area contributed by atoms with E-state index in [9.17, 15) is 15.0 Å². The Hall–Kier alpha value is -3.49. The molecule has 0 unspecified atom stereocenters. The van der Waals surface area contributed by atoms with E-state index in [4.69, 9.17) is 9.36 Å². The van der Waals surface area contributed by atoms with Gasteiger partial charge in [0, 0.05) is 38.2 Å². The smallest absolute Gasteiger partial charge is 0.434 e. The van der Waals surface area contributed by atoms with Gasteiger partial charge in [-0.3, -0.25) is 0 Å². The summed E-state index contributed by atoms with van der Waals surface area (Å²) in [5.41, 5.74) is 1.58. The topological polar surface area (TPSA) is 114 Å². The van der Waals surface area contributed by atoms with Crippen LogP contribution in [0.2, 0.25) is 0 Å². The summed E-state index contributed by atoms with van der Waals surface area (Å²) < 4.78 is 5.60. The minimum Gasteiger partial charge on any atom is -0.492 e. The van der Waals surface area contributed by atoms with Crippen molar-refractivity contribution in [3.63, 3.8) is 0 Å². The van der Waals surface area contributed by atoms with Crippen LogP contribution in [-0.2, 0) is 6.54 Å². The fourth-order valence-electron chi connectivity index (χ4n) is 2.21. The highest BCUT2D eigenvalue weighted by Gasteiger charge is 2.17. The maximum Gasteiger partial charge on any atom is 0.434 e. The minimum absolute atomic E-state index is 0.242. The molecule has 2 N–H and O–H groups in total. The molecule has 0 fully saturated rings. The fourth-order valence-corrected chi connectivity index (χ4v) is 2.21. The molecule has 0 atom stereocenters. The molecule has 1 amide bonds. The number of amides is 1. The second kappa shape index (κ2) is 6.56. The van der Waals surface area contributed by atoms with Crippen molar-refractivity contribution in [1.29, 1.82) is 0 Å². The van der Waals surface area contributed by atoms with Gasteiger partial charge in [0.15, 0.2) is 0 Å². The van der Waals surface area contributed by atoms with Gasteiger partial charge in [0.05, 0.1) is 0 Å². The lowest BCUT2D eigenvalue weighted by atomic mass is 10.1. The molecule has 3 rings (SSSR count). The first-order valence-corrected chi connectivity index (χ1v) is 7.37. The predicted molar refractivity (Wildman–Crippen MR) is 85.7 cm³/mol. The second-order valence-electron chi connectivity index (χ2n) is 5.39. The lowest BCUT2D eigenvalue weighted by Gasteiger charge is -2.17. The lowest BCUT2D eigenvalue weighted by molar-refractivity contribution is 0.0794. The van der Waals surface area contributed by atoms with Gasteiger partial charge in [-0.2, -0.15) is 4.98 Å². The summed E-state index contributed by atoms with van der Waals surface area (Å²) in [6.07, 6.45) is -0.748. The first-order valence-electron chi connectivity index (χ1n) is 7.37. The maximum absolute atomic E-state index is 12.1. The normalized spacial score (nSPS) is 10.6. The van der Waals surface area contributed by atoms with Crippen molar-refractivity contribution in [3.05, 3.63) is 47.9 Å². The van der Waals surface area contributed by atoms with E-state index in [0.29, 0.717) is 16.4 Å². The van der Waals surface area contributed by atoms with E-state index >= 15 is 0 Å². The van der Waals surface area contributed by atoms with Gasteiger partial charge in [0.25, 0.3) is 0 Å². The van der Waals surface area contributed by atoms with Crippen molar-refractivity contribution < 1.29 is 24.4 Å². The average Bonchev–Trinajstić information content (AvgIpc) is 3.15. The highest BCUT2D eigenvalue weighted by molar-refractivity contribution is 5.68. The van der Waals surface area contributed by atoms with E-state index in [1.54, 1.807) is 6.92 Å². The Labute approximate surface area is 142 Å². The molecule has 0 aliphatic rings. The van der Waals surface area contributed by atoms with Gasteiger partial charge in [-0.15, -0.1) is 4.73 Å². The molecule has 0 saturated heterocycles. The van der Waals surface area contributed by atoms with Gasteiger partial charge in [-0.1, -0.05) is 23.4 Å².